The van der Waals surface area contributed by atoms with Crippen LogP contribution in [-0.2, 0) is 0 Å². The van der Waals surface area contributed by atoms with Gasteiger partial charge in [0.25, 0.3) is 0 Å². The van der Waals surface area contributed by atoms with Gasteiger partial charge in [0.1, 0.15) is 0 Å². The number of hydrogen-bond donors (Lipinski definition) is 1. The average Bonchev–Trinajstić information content (AvgIpc) is 2.09. The van der Waals surface area contributed by atoms with E-state index in [9.17, 15) is 8.78 Å². The molecule has 0 saturated heterocycles. The lowest BCUT2D eigenvalue weighted by atomic mass is 10.1. The lowest BCUT2D eigenvalue weighted by molar-refractivity contribution is 0.507. The number of anilines is 1. The first-order valence-corrected chi connectivity index (χ1v) is 3.89. The highest BCUT2D eigenvalue weighted by Crippen LogP contribution is 2.23. The van der Waals surface area contributed by atoms with Crippen LogP contribution >= 0.6 is 0 Å². The van der Waals surface area contributed by atoms with Crippen molar-refractivity contribution in [1.29, 1.82) is 0 Å². The molecule has 70 valence electrons. The number of halogens is 2. The molecule has 13 heavy (non-hydrogen) atoms. The Labute approximate surface area is 76.1 Å². The summed E-state index contributed by atoms with van der Waals surface area (Å²) in [5.74, 6) is -1.70. The third-order valence-corrected chi connectivity index (χ3v) is 1.78. The highest BCUT2D eigenvalue weighted by Gasteiger charge is 2.10. The summed E-state index contributed by atoms with van der Waals surface area (Å²) in [5.41, 5.74) is 1.26. The molecule has 0 aliphatic carbocycles. The van der Waals surface area contributed by atoms with E-state index in [-0.39, 0.29) is 5.56 Å². The lowest BCUT2D eigenvalue weighted by Gasteiger charge is -2.06. The first-order chi connectivity index (χ1) is 6.06. The van der Waals surface area contributed by atoms with Gasteiger partial charge in [-0.1, -0.05) is 6.58 Å². The van der Waals surface area contributed by atoms with Gasteiger partial charge in [-0.05, 0) is 18.6 Å². The minimum atomic E-state index is -0.857. The molecule has 0 spiro atoms. The summed E-state index contributed by atoms with van der Waals surface area (Å²) in [6.45, 7) is 5.20. The molecular weight excluding hydrogens is 172 g/mol. The van der Waals surface area contributed by atoms with E-state index in [1.165, 1.54) is 6.07 Å². The standard InChI is InChI=1S/C10H11F2N/c1-6(2)8-4-7(13-3)5-9(11)10(8)12/h4-5,13H,1H2,2-3H3. The second-order valence-corrected chi connectivity index (χ2v) is 2.85. The van der Waals surface area contributed by atoms with E-state index < -0.39 is 11.6 Å². The maximum atomic E-state index is 13.1. The van der Waals surface area contributed by atoms with Gasteiger partial charge < -0.3 is 5.32 Å². The predicted octanol–water partition coefficient (Wildman–Crippen LogP) is 3.04. The smallest absolute Gasteiger partial charge is 0.166 e. The molecule has 0 heterocycles. The van der Waals surface area contributed by atoms with Crippen LogP contribution in [0.5, 0.6) is 0 Å². The number of rotatable bonds is 2. The second-order valence-electron chi connectivity index (χ2n) is 2.85. The molecule has 0 aromatic heterocycles. The van der Waals surface area contributed by atoms with Gasteiger partial charge >= 0.3 is 0 Å². The molecule has 0 bridgehead atoms. The first kappa shape index (κ1) is 9.71. The molecule has 1 nitrogen and oxygen atoms in total. The van der Waals surface area contributed by atoms with E-state index in [1.54, 1.807) is 14.0 Å². The SMILES string of the molecule is C=C(C)c1cc(NC)cc(F)c1F. The molecule has 0 saturated carbocycles. The number of hydrogen-bond acceptors (Lipinski definition) is 1. The molecule has 0 fully saturated rings. The zero-order valence-corrected chi connectivity index (χ0v) is 7.62. The molecule has 0 unspecified atom stereocenters. The fraction of sp³-hybridized carbons (Fsp3) is 0.200. The van der Waals surface area contributed by atoms with E-state index in [0.717, 1.165) is 6.07 Å². The zero-order valence-electron chi connectivity index (χ0n) is 7.62. The summed E-state index contributed by atoms with van der Waals surface area (Å²) in [6, 6.07) is 2.64. The van der Waals surface area contributed by atoms with Crippen molar-refractivity contribution in [3.63, 3.8) is 0 Å². The van der Waals surface area contributed by atoms with Crippen molar-refractivity contribution in [2.24, 2.45) is 0 Å². The largest absolute Gasteiger partial charge is 0.388 e. The Morgan fingerprint density at radius 3 is 2.46 bits per heavy atom. The van der Waals surface area contributed by atoms with Crippen molar-refractivity contribution < 1.29 is 8.78 Å². The summed E-state index contributed by atoms with van der Waals surface area (Å²) in [7, 11) is 1.65. The minimum absolute atomic E-state index is 0.212. The molecule has 0 atom stereocenters. The van der Waals surface area contributed by atoms with Gasteiger partial charge in [-0.25, -0.2) is 8.78 Å². The first-order valence-electron chi connectivity index (χ1n) is 3.89. The summed E-state index contributed by atoms with van der Waals surface area (Å²) in [6.07, 6.45) is 0. The van der Waals surface area contributed by atoms with Crippen LogP contribution in [0.2, 0.25) is 0 Å². The van der Waals surface area contributed by atoms with Crippen LogP contribution in [0.3, 0.4) is 0 Å². The lowest BCUT2D eigenvalue weighted by Crippen LogP contribution is -1.96. The van der Waals surface area contributed by atoms with Crippen LogP contribution < -0.4 is 5.32 Å². The summed E-state index contributed by atoms with van der Waals surface area (Å²) in [4.78, 5) is 0. The maximum Gasteiger partial charge on any atom is 0.166 e. The van der Waals surface area contributed by atoms with E-state index >= 15 is 0 Å². The highest BCUT2D eigenvalue weighted by atomic mass is 19.2. The van der Waals surface area contributed by atoms with Crippen molar-refractivity contribution in [3.05, 3.63) is 35.9 Å². The van der Waals surface area contributed by atoms with Gasteiger partial charge in [-0.3, -0.25) is 0 Å². The quantitative estimate of drug-likeness (QED) is 0.743. The van der Waals surface area contributed by atoms with Gasteiger partial charge in [0.05, 0.1) is 0 Å². The Hall–Kier alpha value is -1.38. The van der Waals surface area contributed by atoms with Crippen molar-refractivity contribution in [2.75, 3.05) is 12.4 Å². The molecule has 0 aliphatic heterocycles. The van der Waals surface area contributed by atoms with Crippen LogP contribution in [0, 0.1) is 11.6 Å². The van der Waals surface area contributed by atoms with E-state index in [1.807, 2.05) is 0 Å². The van der Waals surface area contributed by atoms with Gasteiger partial charge in [-0.2, -0.15) is 0 Å². The molecule has 1 N–H and O–H groups in total. The van der Waals surface area contributed by atoms with Crippen molar-refractivity contribution in [3.8, 4) is 0 Å². The molecule has 0 aliphatic rings. The number of allylic oxidation sites excluding steroid dienone is 1. The Kier molecular flexibility index (Phi) is 2.66. The van der Waals surface area contributed by atoms with E-state index in [0.29, 0.717) is 11.3 Å². The van der Waals surface area contributed by atoms with Crippen LogP contribution in [0.4, 0.5) is 14.5 Å². The molecule has 0 amide bonds. The van der Waals surface area contributed by atoms with Crippen LogP contribution in [0.15, 0.2) is 18.7 Å². The third-order valence-electron chi connectivity index (χ3n) is 1.78. The molecule has 1 aromatic carbocycles. The average molecular weight is 183 g/mol. The fourth-order valence-corrected chi connectivity index (χ4v) is 1.04. The van der Waals surface area contributed by atoms with Crippen molar-refractivity contribution in [1.82, 2.24) is 0 Å². The Morgan fingerprint density at radius 1 is 1.38 bits per heavy atom. The second kappa shape index (κ2) is 3.56. The molecule has 0 radical (unpaired) electrons. The summed E-state index contributed by atoms with van der Waals surface area (Å²) >= 11 is 0. The normalized spacial score (nSPS) is 9.85. The van der Waals surface area contributed by atoms with Crippen LogP contribution in [0.1, 0.15) is 12.5 Å². The summed E-state index contributed by atoms with van der Waals surface area (Å²) in [5, 5.41) is 2.74. The predicted molar refractivity (Wildman–Crippen MR) is 50.6 cm³/mol. The number of nitrogens with one attached hydrogen (secondary N) is 1. The van der Waals surface area contributed by atoms with Crippen molar-refractivity contribution >= 4 is 11.3 Å². The van der Waals surface area contributed by atoms with E-state index in [2.05, 4.69) is 11.9 Å². The monoisotopic (exact) mass is 183 g/mol. The molecular formula is C10H11F2N. The Balaban J connectivity index is 3.33. The zero-order chi connectivity index (χ0) is 10.0. The Bertz CT molecular complexity index is 345. The van der Waals surface area contributed by atoms with Crippen LogP contribution in [0.25, 0.3) is 5.57 Å². The van der Waals surface area contributed by atoms with E-state index in [4.69, 9.17) is 0 Å². The van der Waals surface area contributed by atoms with Gasteiger partial charge in [0.2, 0.25) is 0 Å². The summed E-state index contributed by atoms with van der Waals surface area (Å²) < 4.78 is 26.0. The molecule has 1 rings (SSSR count). The fourth-order valence-electron chi connectivity index (χ4n) is 1.04. The van der Waals surface area contributed by atoms with Gasteiger partial charge in [0.15, 0.2) is 11.6 Å². The van der Waals surface area contributed by atoms with Crippen molar-refractivity contribution in [2.45, 2.75) is 6.92 Å². The molecule has 3 heteroatoms. The van der Waals surface area contributed by atoms with Crippen LogP contribution in [-0.4, -0.2) is 7.05 Å². The minimum Gasteiger partial charge on any atom is -0.388 e. The third kappa shape index (κ3) is 1.86. The Morgan fingerprint density at radius 2 is 2.00 bits per heavy atom. The van der Waals surface area contributed by atoms with Gasteiger partial charge in [0, 0.05) is 24.4 Å². The molecule has 1 aromatic rings. The highest BCUT2D eigenvalue weighted by molar-refractivity contribution is 5.66. The number of benzene rings is 1. The topological polar surface area (TPSA) is 12.0 Å². The maximum absolute atomic E-state index is 13.1. The van der Waals surface area contributed by atoms with Gasteiger partial charge in [-0.15, -0.1) is 0 Å².